The quantitative estimate of drug-likeness (QED) is 0.537. The molecule has 0 spiro atoms. The molecule has 2 aromatic carbocycles. The van der Waals surface area contributed by atoms with Gasteiger partial charge in [-0.15, -0.1) is 11.3 Å². The van der Waals surface area contributed by atoms with E-state index in [0.717, 1.165) is 20.1 Å². The largest absolute Gasteiger partial charge is 0.321 e. The monoisotopic (exact) mass is 484 g/mol. The average molecular weight is 486 g/mol. The second kappa shape index (κ2) is 8.02. The summed E-state index contributed by atoms with van der Waals surface area (Å²) in [7, 11) is -2.47. The Balaban J connectivity index is 1.89. The lowest BCUT2D eigenvalue weighted by molar-refractivity contribution is 0.102. The van der Waals surface area contributed by atoms with Crippen LogP contribution in [-0.2, 0) is 10.0 Å². The van der Waals surface area contributed by atoms with Crippen molar-refractivity contribution in [3.63, 3.8) is 0 Å². The maximum atomic E-state index is 13.0. The van der Waals surface area contributed by atoms with Crippen molar-refractivity contribution in [2.75, 3.05) is 16.7 Å². The summed E-state index contributed by atoms with van der Waals surface area (Å²) in [5.74, 6) is -0.476. The fourth-order valence-electron chi connectivity index (χ4n) is 2.32. The first-order valence-electron chi connectivity index (χ1n) is 7.68. The van der Waals surface area contributed by atoms with Gasteiger partial charge in [0.1, 0.15) is 9.77 Å². The molecule has 1 heterocycles. The number of halogens is 2. The summed E-state index contributed by atoms with van der Waals surface area (Å²) >= 11 is 10.3. The molecule has 0 saturated carbocycles. The number of nitrogens with one attached hydrogen (secondary N) is 1. The van der Waals surface area contributed by atoms with E-state index in [1.807, 2.05) is 0 Å². The van der Waals surface area contributed by atoms with E-state index in [2.05, 4.69) is 21.2 Å². The first kappa shape index (κ1) is 19.9. The molecule has 27 heavy (non-hydrogen) atoms. The molecule has 140 valence electrons. The number of anilines is 2. The van der Waals surface area contributed by atoms with Gasteiger partial charge in [-0.1, -0.05) is 27.5 Å². The van der Waals surface area contributed by atoms with Gasteiger partial charge in [-0.05, 0) is 60.0 Å². The molecule has 5 nitrogen and oxygen atoms in total. The number of hydrogen-bond acceptors (Lipinski definition) is 4. The highest BCUT2D eigenvalue weighted by Gasteiger charge is 2.28. The summed E-state index contributed by atoms with van der Waals surface area (Å²) < 4.78 is 28.0. The third-order valence-electron chi connectivity index (χ3n) is 3.77. The maximum absolute atomic E-state index is 13.0. The zero-order chi connectivity index (χ0) is 19.6. The van der Waals surface area contributed by atoms with E-state index >= 15 is 0 Å². The van der Waals surface area contributed by atoms with Crippen molar-refractivity contribution in [1.29, 1.82) is 0 Å². The van der Waals surface area contributed by atoms with Gasteiger partial charge in [-0.2, -0.15) is 0 Å². The summed E-state index contributed by atoms with van der Waals surface area (Å²) in [5, 5.41) is 4.81. The lowest BCUT2D eigenvalue weighted by atomic mass is 10.3. The Morgan fingerprint density at radius 1 is 1.07 bits per heavy atom. The Bertz CT molecular complexity index is 1060. The summed E-state index contributed by atoms with van der Waals surface area (Å²) in [5.41, 5.74) is 1.02. The van der Waals surface area contributed by atoms with Crippen LogP contribution in [0, 0.1) is 0 Å². The summed E-state index contributed by atoms with van der Waals surface area (Å²) in [6.07, 6.45) is 0. The Labute approximate surface area is 174 Å². The highest BCUT2D eigenvalue weighted by Crippen LogP contribution is 2.29. The normalized spacial score (nSPS) is 11.2. The third-order valence-corrected chi connectivity index (χ3v) is 7.42. The average Bonchev–Trinajstić information content (AvgIpc) is 3.14. The molecule has 0 bridgehead atoms. The zero-order valence-electron chi connectivity index (χ0n) is 14.0. The fraction of sp³-hybridized carbons (Fsp3) is 0.0556. The molecule has 0 aliphatic heterocycles. The number of rotatable bonds is 5. The Kier molecular flexibility index (Phi) is 5.90. The van der Waals surface area contributed by atoms with Crippen LogP contribution in [0.4, 0.5) is 11.4 Å². The lowest BCUT2D eigenvalue weighted by Gasteiger charge is -2.19. The van der Waals surface area contributed by atoms with Crippen LogP contribution in [0.25, 0.3) is 0 Å². The molecule has 0 saturated heterocycles. The molecular weight excluding hydrogens is 472 g/mol. The van der Waals surface area contributed by atoms with Crippen LogP contribution < -0.4 is 9.62 Å². The number of amides is 1. The molecule has 0 atom stereocenters. The Morgan fingerprint density at radius 3 is 2.33 bits per heavy atom. The van der Waals surface area contributed by atoms with Crippen LogP contribution in [0.2, 0.25) is 5.02 Å². The number of carbonyl (C=O) groups excluding carboxylic acids is 1. The van der Waals surface area contributed by atoms with Crippen molar-refractivity contribution in [3.05, 3.63) is 74.3 Å². The molecule has 0 aliphatic rings. The van der Waals surface area contributed by atoms with Gasteiger partial charge in [0.05, 0.1) is 5.69 Å². The van der Waals surface area contributed by atoms with Gasteiger partial charge in [-0.3, -0.25) is 9.10 Å². The molecule has 1 aromatic heterocycles. The molecule has 1 N–H and O–H groups in total. The molecule has 0 aliphatic carbocycles. The molecule has 9 heteroatoms. The first-order valence-corrected chi connectivity index (χ1v) is 11.2. The van der Waals surface area contributed by atoms with Gasteiger partial charge in [0.15, 0.2) is 0 Å². The Morgan fingerprint density at radius 2 is 1.70 bits per heavy atom. The predicted molar refractivity (Wildman–Crippen MR) is 113 cm³/mol. The minimum atomic E-state index is -3.90. The van der Waals surface area contributed by atoms with Gasteiger partial charge >= 0.3 is 0 Å². The molecule has 3 rings (SSSR count). The van der Waals surface area contributed by atoms with E-state index in [4.69, 9.17) is 11.6 Å². The van der Waals surface area contributed by atoms with E-state index < -0.39 is 15.9 Å². The molecular formula is C18H14BrClN2O3S2. The number of hydrogen-bond donors (Lipinski definition) is 1. The van der Waals surface area contributed by atoms with Crippen molar-refractivity contribution in [2.24, 2.45) is 0 Å². The molecule has 0 radical (unpaired) electrons. The van der Waals surface area contributed by atoms with Crippen molar-refractivity contribution < 1.29 is 13.2 Å². The van der Waals surface area contributed by atoms with E-state index in [1.54, 1.807) is 53.9 Å². The maximum Gasteiger partial charge on any atom is 0.267 e. The first-order chi connectivity index (χ1) is 12.8. The number of sulfonamides is 1. The standard InChI is InChI=1S/C18H14BrClN2O3S2/c1-22(15-8-4-13(20)5-9-15)27(24,25)16-10-11-26-17(16)18(23)21-14-6-2-12(19)3-7-14/h2-11H,1H3,(H,21,23). The van der Waals surface area contributed by atoms with Gasteiger partial charge in [-0.25, -0.2) is 8.42 Å². The van der Waals surface area contributed by atoms with E-state index in [1.165, 1.54) is 13.1 Å². The van der Waals surface area contributed by atoms with Crippen LogP contribution in [0.15, 0.2) is 69.3 Å². The second-order valence-electron chi connectivity index (χ2n) is 5.52. The highest BCUT2D eigenvalue weighted by molar-refractivity contribution is 9.10. The molecule has 3 aromatic rings. The van der Waals surface area contributed by atoms with Crippen LogP contribution in [0.3, 0.4) is 0 Å². The Hall–Kier alpha value is -1.87. The summed E-state index contributed by atoms with van der Waals surface area (Å²) in [4.78, 5) is 12.7. The minimum Gasteiger partial charge on any atom is -0.321 e. The van der Waals surface area contributed by atoms with Crippen molar-refractivity contribution in [2.45, 2.75) is 4.90 Å². The van der Waals surface area contributed by atoms with Gasteiger partial charge in [0, 0.05) is 22.2 Å². The minimum absolute atomic E-state index is 0.0421. The van der Waals surface area contributed by atoms with Gasteiger partial charge in [0.25, 0.3) is 15.9 Å². The van der Waals surface area contributed by atoms with Gasteiger partial charge in [0.2, 0.25) is 0 Å². The third kappa shape index (κ3) is 4.35. The van der Waals surface area contributed by atoms with Crippen LogP contribution in [0.5, 0.6) is 0 Å². The SMILES string of the molecule is CN(c1ccc(Cl)cc1)S(=O)(=O)c1ccsc1C(=O)Nc1ccc(Br)cc1. The van der Waals surface area contributed by atoms with Crippen LogP contribution in [-0.4, -0.2) is 21.4 Å². The van der Waals surface area contributed by atoms with E-state index in [-0.39, 0.29) is 9.77 Å². The van der Waals surface area contributed by atoms with Crippen LogP contribution in [0.1, 0.15) is 9.67 Å². The predicted octanol–water partition coefficient (Wildman–Crippen LogP) is 5.24. The van der Waals surface area contributed by atoms with Crippen molar-refractivity contribution >= 4 is 66.2 Å². The molecule has 0 fully saturated rings. The van der Waals surface area contributed by atoms with Crippen molar-refractivity contribution in [3.8, 4) is 0 Å². The van der Waals surface area contributed by atoms with Gasteiger partial charge < -0.3 is 5.32 Å². The van der Waals surface area contributed by atoms with Crippen LogP contribution >= 0.6 is 38.9 Å². The summed E-state index contributed by atoms with van der Waals surface area (Å²) in [6, 6.07) is 14.9. The van der Waals surface area contributed by atoms with Crippen molar-refractivity contribution in [1.82, 2.24) is 0 Å². The number of nitrogens with zero attached hydrogens (tertiary/aromatic N) is 1. The second-order valence-corrected chi connectivity index (χ2v) is 9.73. The highest BCUT2D eigenvalue weighted by atomic mass is 79.9. The summed E-state index contributed by atoms with van der Waals surface area (Å²) in [6.45, 7) is 0. The van der Waals surface area contributed by atoms with E-state index in [0.29, 0.717) is 16.4 Å². The lowest BCUT2D eigenvalue weighted by Crippen LogP contribution is -2.28. The topological polar surface area (TPSA) is 66.5 Å². The number of thiophene rings is 1. The zero-order valence-corrected chi connectivity index (χ0v) is 18.0. The molecule has 0 unspecified atom stereocenters. The number of benzene rings is 2. The smallest absolute Gasteiger partial charge is 0.267 e. The molecule has 1 amide bonds. The number of carbonyl (C=O) groups is 1. The fourth-order valence-corrected chi connectivity index (χ4v) is 5.21. The van der Waals surface area contributed by atoms with E-state index in [9.17, 15) is 13.2 Å².